The van der Waals surface area contributed by atoms with Crippen molar-refractivity contribution in [3.05, 3.63) is 69.3 Å². The maximum Gasteiger partial charge on any atom is 0.194 e. The molecule has 3 rings (SSSR count). The lowest BCUT2D eigenvalue weighted by atomic mass is 10.0. The summed E-state index contributed by atoms with van der Waals surface area (Å²) in [5.41, 5.74) is 8.58. The summed E-state index contributed by atoms with van der Waals surface area (Å²) in [7, 11) is 0. The highest BCUT2D eigenvalue weighted by atomic mass is 35.5. The van der Waals surface area contributed by atoms with Crippen molar-refractivity contribution in [3.63, 3.8) is 0 Å². The van der Waals surface area contributed by atoms with Gasteiger partial charge >= 0.3 is 0 Å². The van der Waals surface area contributed by atoms with E-state index in [1.807, 2.05) is 30.3 Å². The molecule has 0 saturated heterocycles. The number of rotatable bonds is 2. The molecular formula is C16H13ClN2O. The van der Waals surface area contributed by atoms with Gasteiger partial charge in [0.05, 0.1) is 16.2 Å². The van der Waals surface area contributed by atoms with Crippen molar-refractivity contribution in [2.24, 2.45) is 5.73 Å². The van der Waals surface area contributed by atoms with Crippen molar-refractivity contribution < 1.29 is 0 Å². The van der Waals surface area contributed by atoms with Gasteiger partial charge in [0.25, 0.3) is 0 Å². The number of nitrogens with two attached hydrogens (primary N) is 1. The van der Waals surface area contributed by atoms with Crippen LogP contribution in [0.2, 0.25) is 5.02 Å². The van der Waals surface area contributed by atoms with Crippen molar-refractivity contribution >= 4 is 22.5 Å². The first-order chi connectivity index (χ1) is 9.72. The second-order valence-electron chi connectivity index (χ2n) is 4.54. The molecule has 0 unspecified atom stereocenters. The van der Waals surface area contributed by atoms with Crippen LogP contribution in [0.3, 0.4) is 0 Å². The minimum absolute atomic E-state index is 0.0670. The Morgan fingerprint density at radius 3 is 2.50 bits per heavy atom. The Balaban J connectivity index is 2.43. The Kier molecular flexibility index (Phi) is 3.30. The van der Waals surface area contributed by atoms with Crippen LogP contribution >= 0.6 is 11.6 Å². The number of nitrogens with one attached hydrogen (secondary N) is 1. The summed E-state index contributed by atoms with van der Waals surface area (Å²) in [6, 6.07) is 14.9. The molecule has 0 fully saturated rings. The number of hydrogen-bond donors (Lipinski definition) is 2. The molecular weight excluding hydrogens is 272 g/mol. The molecule has 0 amide bonds. The molecule has 0 atom stereocenters. The lowest BCUT2D eigenvalue weighted by Crippen LogP contribution is -2.16. The monoisotopic (exact) mass is 284 g/mol. The van der Waals surface area contributed by atoms with Gasteiger partial charge in [0.1, 0.15) is 0 Å². The summed E-state index contributed by atoms with van der Waals surface area (Å²) in [4.78, 5) is 15.8. The molecule has 20 heavy (non-hydrogen) atoms. The van der Waals surface area contributed by atoms with Crippen LogP contribution in [0.5, 0.6) is 0 Å². The fourth-order valence-electron chi connectivity index (χ4n) is 2.36. The number of hydrogen-bond acceptors (Lipinski definition) is 2. The summed E-state index contributed by atoms with van der Waals surface area (Å²) in [5, 5.41) is 1.10. The molecule has 3 aromatic rings. The van der Waals surface area contributed by atoms with Crippen molar-refractivity contribution in [1.82, 2.24) is 4.98 Å². The minimum Gasteiger partial charge on any atom is -0.353 e. The number of aromatic nitrogens is 1. The van der Waals surface area contributed by atoms with Gasteiger partial charge in [0.15, 0.2) is 5.43 Å². The highest BCUT2D eigenvalue weighted by molar-refractivity contribution is 6.35. The second kappa shape index (κ2) is 5.12. The third-order valence-corrected chi connectivity index (χ3v) is 3.67. The molecule has 0 spiro atoms. The number of fused-ring (bicyclic) bond motifs is 1. The summed E-state index contributed by atoms with van der Waals surface area (Å²) in [6.07, 6.45) is 0. The van der Waals surface area contributed by atoms with E-state index in [1.54, 1.807) is 18.2 Å². The molecule has 0 aliphatic rings. The molecule has 0 aliphatic heterocycles. The van der Waals surface area contributed by atoms with Crippen molar-refractivity contribution in [2.45, 2.75) is 6.54 Å². The van der Waals surface area contributed by atoms with Crippen LogP contribution in [-0.4, -0.2) is 4.98 Å². The molecule has 2 aromatic carbocycles. The van der Waals surface area contributed by atoms with E-state index < -0.39 is 0 Å². The zero-order valence-electron chi connectivity index (χ0n) is 10.7. The molecule has 0 saturated carbocycles. The van der Waals surface area contributed by atoms with Crippen molar-refractivity contribution in [1.29, 1.82) is 0 Å². The highest BCUT2D eigenvalue weighted by Gasteiger charge is 2.13. The number of benzene rings is 2. The molecule has 3 N–H and O–H groups in total. The molecule has 0 aliphatic carbocycles. The molecule has 1 aromatic heterocycles. The van der Waals surface area contributed by atoms with Crippen LogP contribution in [0.25, 0.3) is 22.2 Å². The van der Waals surface area contributed by atoms with Crippen molar-refractivity contribution in [3.8, 4) is 11.3 Å². The van der Waals surface area contributed by atoms with Gasteiger partial charge in [0.2, 0.25) is 0 Å². The lowest BCUT2D eigenvalue weighted by molar-refractivity contribution is 1.05. The fourth-order valence-corrected chi connectivity index (χ4v) is 2.58. The fraction of sp³-hybridized carbons (Fsp3) is 0.0625. The number of aromatic amines is 1. The first-order valence-electron chi connectivity index (χ1n) is 6.31. The van der Waals surface area contributed by atoms with Crippen LogP contribution in [0.15, 0.2) is 53.3 Å². The Labute approximate surface area is 121 Å². The van der Waals surface area contributed by atoms with Gasteiger partial charge < -0.3 is 10.7 Å². The van der Waals surface area contributed by atoms with Gasteiger partial charge in [-0.1, -0.05) is 48.0 Å². The minimum atomic E-state index is -0.0670. The average Bonchev–Trinajstić information content (AvgIpc) is 2.49. The van der Waals surface area contributed by atoms with Crippen LogP contribution in [0.1, 0.15) is 5.56 Å². The predicted octanol–water partition coefficient (Wildman–Crippen LogP) is 3.31. The SMILES string of the molecule is NCc1c(-c2ccccc2)[nH]c2c(Cl)cccc2c1=O. The summed E-state index contributed by atoms with van der Waals surface area (Å²) >= 11 is 6.18. The number of H-pyrrole nitrogens is 1. The van der Waals surface area contributed by atoms with E-state index >= 15 is 0 Å². The molecule has 1 heterocycles. The summed E-state index contributed by atoms with van der Waals surface area (Å²) < 4.78 is 0. The van der Waals surface area contributed by atoms with E-state index in [1.165, 1.54) is 0 Å². The quantitative estimate of drug-likeness (QED) is 0.758. The van der Waals surface area contributed by atoms with Gasteiger partial charge in [-0.15, -0.1) is 0 Å². The van der Waals surface area contributed by atoms with Crippen molar-refractivity contribution in [2.75, 3.05) is 0 Å². The van der Waals surface area contributed by atoms with Crippen LogP contribution in [-0.2, 0) is 6.54 Å². The van der Waals surface area contributed by atoms with E-state index in [2.05, 4.69) is 4.98 Å². The zero-order valence-corrected chi connectivity index (χ0v) is 11.4. The Hall–Kier alpha value is -2.10. The van der Waals surface area contributed by atoms with Gasteiger partial charge in [-0.2, -0.15) is 0 Å². The smallest absolute Gasteiger partial charge is 0.194 e. The van der Waals surface area contributed by atoms with Gasteiger partial charge in [-0.3, -0.25) is 4.79 Å². The van der Waals surface area contributed by atoms with Crippen LogP contribution in [0.4, 0.5) is 0 Å². The second-order valence-corrected chi connectivity index (χ2v) is 4.95. The standard InChI is InChI=1S/C16H13ClN2O/c17-13-8-4-7-11-15(13)19-14(12(9-18)16(11)20)10-5-2-1-3-6-10/h1-8H,9,18H2,(H,19,20). The summed E-state index contributed by atoms with van der Waals surface area (Å²) in [6.45, 7) is 0.183. The predicted molar refractivity (Wildman–Crippen MR) is 82.9 cm³/mol. The molecule has 0 radical (unpaired) electrons. The van der Waals surface area contributed by atoms with Gasteiger partial charge in [-0.05, 0) is 17.7 Å². The number of para-hydroxylation sites is 1. The average molecular weight is 285 g/mol. The van der Waals surface area contributed by atoms with E-state index in [4.69, 9.17) is 17.3 Å². The van der Waals surface area contributed by atoms with E-state index in [0.29, 0.717) is 21.5 Å². The Morgan fingerprint density at radius 2 is 1.80 bits per heavy atom. The molecule has 4 heteroatoms. The molecule has 3 nitrogen and oxygen atoms in total. The Bertz CT molecular complexity index is 825. The third kappa shape index (κ3) is 2.01. The lowest BCUT2D eigenvalue weighted by Gasteiger charge is -2.11. The van der Waals surface area contributed by atoms with Gasteiger partial charge in [0, 0.05) is 17.5 Å². The number of halogens is 1. The van der Waals surface area contributed by atoms with E-state index in [-0.39, 0.29) is 12.0 Å². The van der Waals surface area contributed by atoms with E-state index in [0.717, 1.165) is 11.3 Å². The third-order valence-electron chi connectivity index (χ3n) is 3.35. The zero-order chi connectivity index (χ0) is 14.1. The topological polar surface area (TPSA) is 58.9 Å². The van der Waals surface area contributed by atoms with E-state index in [9.17, 15) is 4.79 Å². The largest absolute Gasteiger partial charge is 0.353 e. The normalized spacial score (nSPS) is 10.9. The van der Waals surface area contributed by atoms with Crippen LogP contribution in [0, 0.1) is 0 Å². The maximum absolute atomic E-state index is 12.5. The Morgan fingerprint density at radius 1 is 1.05 bits per heavy atom. The number of pyridine rings is 1. The van der Waals surface area contributed by atoms with Crippen LogP contribution < -0.4 is 11.2 Å². The molecule has 100 valence electrons. The van der Waals surface area contributed by atoms with Gasteiger partial charge in [-0.25, -0.2) is 0 Å². The molecule has 0 bridgehead atoms. The summed E-state index contributed by atoms with van der Waals surface area (Å²) in [5.74, 6) is 0. The maximum atomic E-state index is 12.5. The first kappa shape index (κ1) is 12.9. The first-order valence-corrected chi connectivity index (χ1v) is 6.69. The highest BCUT2D eigenvalue weighted by Crippen LogP contribution is 2.25.